The second kappa shape index (κ2) is 9.41. The van der Waals surface area contributed by atoms with Gasteiger partial charge in [0.15, 0.2) is 0 Å². The van der Waals surface area contributed by atoms with Crippen LogP contribution in [0.3, 0.4) is 0 Å². The molecule has 0 spiro atoms. The Hall–Kier alpha value is -2.54. The molecular weight excluding hydrogens is 364 g/mol. The van der Waals surface area contributed by atoms with Crippen molar-refractivity contribution in [3.63, 3.8) is 0 Å². The van der Waals surface area contributed by atoms with E-state index in [1.54, 1.807) is 6.92 Å². The van der Waals surface area contributed by atoms with Crippen LogP contribution in [0, 0.1) is 17.0 Å². The maximum atomic E-state index is 12.3. The molecule has 0 amide bonds. The zero-order chi connectivity index (χ0) is 20.0. The van der Waals surface area contributed by atoms with Crippen LogP contribution in [-0.2, 0) is 9.53 Å². The first kappa shape index (κ1) is 20.8. The Kier molecular flexibility index (Phi) is 7.24. The van der Waals surface area contributed by atoms with Gasteiger partial charge in [-0.25, -0.2) is 4.79 Å². The number of hydrogen-bond acceptors (Lipinski definition) is 6. The molecule has 144 valence electrons. The summed E-state index contributed by atoms with van der Waals surface area (Å²) in [6, 6.07) is 13.7. The molecule has 0 aliphatic heterocycles. The van der Waals surface area contributed by atoms with E-state index in [-0.39, 0.29) is 6.61 Å². The van der Waals surface area contributed by atoms with E-state index in [1.165, 1.54) is 11.8 Å². The zero-order valence-electron chi connectivity index (χ0n) is 15.9. The van der Waals surface area contributed by atoms with Crippen molar-refractivity contribution in [2.24, 2.45) is 0 Å². The van der Waals surface area contributed by atoms with Crippen LogP contribution in [0.1, 0.15) is 23.3 Å². The molecule has 0 N–H and O–H groups in total. The molecule has 2 rings (SSSR count). The summed E-state index contributed by atoms with van der Waals surface area (Å²) < 4.78 is 4.98. The summed E-state index contributed by atoms with van der Waals surface area (Å²) in [6.45, 7) is 3.72. The van der Waals surface area contributed by atoms with Gasteiger partial charge in [-0.3, -0.25) is 10.1 Å². The summed E-state index contributed by atoms with van der Waals surface area (Å²) in [4.78, 5) is 26.3. The quantitative estimate of drug-likeness (QED) is 0.293. The smallest absolute Gasteiger partial charge is 0.383 e. The van der Waals surface area contributed by atoms with Gasteiger partial charge in [0.1, 0.15) is 5.25 Å². The Balaban J connectivity index is 2.43. The lowest BCUT2D eigenvalue weighted by Gasteiger charge is -2.21. The van der Waals surface area contributed by atoms with Crippen molar-refractivity contribution in [3.05, 3.63) is 69.8 Å². The van der Waals surface area contributed by atoms with Crippen LogP contribution in [0.4, 0.5) is 5.69 Å². The highest BCUT2D eigenvalue weighted by atomic mass is 32.2. The first-order chi connectivity index (χ1) is 12.8. The number of anilines is 1. The third-order valence-electron chi connectivity index (χ3n) is 4.06. The maximum absolute atomic E-state index is 12.3. The third kappa shape index (κ3) is 5.47. The highest BCUT2D eigenvalue weighted by Crippen LogP contribution is 2.40. The molecular formula is C20H24N2O4S. The lowest BCUT2D eigenvalue weighted by atomic mass is 10.0. The van der Waals surface area contributed by atoms with Crippen molar-refractivity contribution in [1.82, 2.24) is 0 Å². The normalized spacial score (nSPS) is 12.9. The first-order valence-corrected chi connectivity index (χ1v) is 9.52. The minimum absolute atomic E-state index is 0.102. The lowest BCUT2D eigenvalue weighted by molar-refractivity contribution is -0.510. The number of ether oxygens (including phenoxy) is 1. The number of benzene rings is 2. The Morgan fingerprint density at radius 2 is 1.74 bits per heavy atom. The summed E-state index contributed by atoms with van der Waals surface area (Å²) in [5.74, 6) is -0.816. The van der Waals surface area contributed by atoms with Crippen LogP contribution in [0.2, 0.25) is 0 Å². The van der Waals surface area contributed by atoms with Crippen molar-refractivity contribution in [2.75, 3.05) is 25.6 Å². The van der Waals surface area contributed by atoms with Gasteiger partial charge in [-0.15, -0.1) is 11.8 Å². The average Bonchev–Trinajstić information content (AvgIpc) is 2.63. The third-order valence-corrected chi connectivity index (χ3v) is 5.39. The van der Waals surface area contributed by atoms with Crippen LogP contribution in [-0.4, -0.2) is 37.6 Å². The molecule has 0 saturated carbocycles. The van der Waals surface area contributed by atoms with Gasteiger partial charge >= 0.3 is 12.0 Å². The molecule has 2 unspecified atom stereocenters. The van der Waals surface area contributed by atoms with Gasteiger partial charge in [-0.1, -0.05) is 29.8 Å². The summed E-state index contributed by atoms with van der Waals surface area (Å²) in [7, 11) is 3.85. The molecule has 6 nitrogen and oxygen atoms in total. The number of rotatable bonds is 8. The van der Waals surface area contributed by atoms with Crippen molar-refractivity contribution in [3.8, 4) is 0 Å². The van der Waals surface area contributed by atoms with E-state index >= 15 is 0 Å². The first-order valence-electron chi connectivity index (χ1n) is 8.64. The van der Waals surface area contributed by atoms with Gasteiger partial charge in [-0.05, 0) is 43.7 Å². The number of esters is 1. The van der Waals surface area contributed by atoms with Gasteiger partial charge < -0.3 is 9.64 Å². The minimum Gasteiger partial charge on any atom is -0.461 e. The van der Waals surface area contributed by atoms with Gasteiger partial charge in [-0.2, -0.15) is 0 Å². The Morgan fingerprint density at radius 1 is 1.15 bits per heavy atom. The fraction of sp³-hybridized carbons (Fsp3) is 0.350. The van der Waals surface area contributed by atoms with E-state index in [9.17, 15) is 14.9 Å². The number of nitro groups is 1. The van der Waals surface area contributed by atoms with Gasteiger partial charge in [0.05, 0.1) is 6.61 Å². The SMILES string of the molecule is CCOC(=O)C(C(Sc1ccc(C)cc1)c1ccc(N(C)C)cc1)[N+](=O)[O-]. The van der Waals surface area contributed by atoms with E-state index in [0.717, 1.165) is 16.1 Å². The Bertz CT molecular complexity index is 776. The fourth-order valence-corrected chi connectivity index (χ4v) is 3.81. The van der Waals surface area contributed by atoms with E-state index in [2.05, 4.69) is 0 Å². The number of hydrogen-bond donors (Lipinski definition) is 0. The molecule has 0 fully saturated rings. The molecule has 2 aromatic rings. The summed E-state index contributed by atoms with van der Waals surface area (Å²) in [5, 5.41) is 11.0. The number of carbonyl (C=O) groups excluding carboxylic acids is 1. The molecule has 7 heteroatoms. The van der Waals surface area contributed by atoms with Crippen molar-refractivity contribution in [1.29, 1.82) is 0 Å². The standard InChI is InChI=1S/C20H24N2O4S/c1-5-26-20(23)18(22(24)25)19(27-17-12-6-14(2)7-13-17)15-8-10-16(11-9-15)21(3)4/h6-13,18-19H,5H2,1-4H3. The molecule has 0 aliphatic rings. The highest BCUT2D eigenvalue weighted by Gasteiger charge is 2.42. The van der Waals surface area contributed by atoms with E-state index in [0.29, 0.717) is 5.56 Å². The molecule has 0 heterocycles. The van der Waals surface area contributed by atoms with Gasteiger partial charge in [0.2, 0.25) is 0 Å². The van der Waals surface area contributed by atoms with E-state index in [1.807, 2.05) is 74.4 Å². The van der Waals surface area contributed by atoms with Crippen LogP contribution in [0.5, 0.6) is 0 Å². The van der Waals surface area contributed by atoms with E-state index < -0.39 is 22.2 Å². The largest absolute Gasteiger partial charge is 0.461 e. The molecule has 0 saturated heterocycles. The Labute approximate surface area is 163 Å². The molecule has 2 atom stereocenters. The second-order valence-electron chi connectivity index (χ2n) is 6.32. The average molecular weight is 388 g/mol. The lowest BCUT2D eigenvalue weighted by Crippen LogP contribution is -2.36. The number of carbonyl (C=O) groups is 1. The molecule has 27 heavy (non-hydrogen) atoms. The van der Waals surface area contributed by atoms with Gasteiger partial charge in [0, 0.05) is 29.6 Å². The maximum Gasteiger partial charge on any atom is 0.383 e. The molecule has 0 aromatic heterocycles. The molecule has 0 radical (unpaired) electrons. The summed E-state index contributed by atoms with van der Waals surface area (Å²) >= 11 is 1.30. The molecule has 2 aromatic carbocycles. The monoisotopic (exact) mass is 388 g/mol. The highest BCUT2D eigenvalue weighted by molar-refractivity contribution is 7.99. The van der Waals surface area contributed by atoms with Crippen molar-refractivity contribution in [2.45, 2.75) is 30.0 Å². The topological polar surface area (TPSA) is 72.7 Å². The zero-order valence-corrected chi connectivity index (χ0v) is 16.7. The Morgan fingerprint density at radius 3 is 2.22 bits per heavy atom. The molecule has 0 aliphatic carbocycles. The van der Waals surface area contributed by atoms with Crippen LogP contribution in [0.15, 0.2) is 53.4 Å². The number of nitrogens with zero attached hydrogens (tertiary/aromatic N) is 2. The van der Waals surface area contributed by atoms with Crippen LogP contribution >= 0.6 is 11.8 Å². The summed E-state index contributed by atoms with van der Waals surface area (Å²) in [6.07, 6.45) is 0. The van der Waals surface area contributed by atoms with Crippen molar-refractivity contribution < 1.29 is 14.5 Å². The van der Waals surface area contributed by atoms with Crippen LogP contribution in [0.25, 0.3) is 0 Å². The minimum atomic E-state index is -1.48. The summed E-state index contributed by atoms with van der Waals surface area (Å²) in [5.41, 5.74) is 2.79. The predicted molar refractivity (Wildman–Crippen MR) is 108 cm³/mol. The van der Waals surface area contributed by atoms with Crippen LogP contribution < -0.4 is 4.90 Å². The predicted octanol–water partition coefficient (Wildman–Crippen LogP) is 4.10. The van der Waals surface area contributed by atoms with E-state index in [4.69, 9.17) is 4.74 Å². The number of thioether (sulfide) groups is 1. The second-order valence-corrected chi connectivity index (χ2v) is 7.53. The fourth-order valence-electron chi connectivity index (χ4n) is 2.59. The van der Waals surface area contributed by atoms with Gasteiger partial charge in [0.25, 0.3) is 0 Å². The number of aryl methyl sites for hydroxylation is 1. The molecule has 0 bridgehead atoms. The van der Waals surface area contributed by atoms with Crippen molar-refractivity contribution >= 4 is 23.4 Å².